The molecule has 40 valence electrons. The molecule has 0 aromatic heterocycles. The molecule has 0 aromatic carbocycles. The van der Waals surface area contributed by atoms with E-state index in [1.54, 1.807) is 0 Å². The Morgan fingerprint density at radius 2 is 1.67 bits per heavy atom. The lowest BCUT2D eigenvalue weighted by Gasteiger charge is -1.69. The molecule has 0 aliphatic heterocycles. The summed E-state index contributed by atoms with van der Waals surface area (Å²) < 4.78 is 0. The molecule has 0 heterocycles. The second-order valence-electron chi connectivity index (χ2n) is 0.724. The number of hydrogen-bond acceptors (Lipinski definition) is 1. The SMILES string of the molecule is CCCO.Cl.[AlH3]. The van der Waals surface area contributed by atoms with Gasteiger partial charge in [0.2, 0.25) is 0 Å². The molecule has 0 aromatic rings. The molecule has 0 spiro atoms. The number of rotatable bonds is 1. The highest BCUT2D eigenvalue weighted by Gasteiger charge is 1.57. The van der Waals surface area contributed by atoms with E-state index in [0.29, 0.717) is 6.61 Å². The van der Waals surface area contributed by atoms with Crippen molar-refractivity contribution in [2.75, 3.05) is 6.61 Å². The van der Waals surface area contributed by atoms with Crippen molar-refractivity contribution in [2.24, 2.45) is 0 Å². The minimum Gasteiger partial charge on any atom is -0.396 e. The van der Waals surface area contributed by atoms with Gasteiger partial charge in [-0.25, -0.2) is 0 Å². The maximum Gasteiger partial charge on any atom is 0.187 e. The fourth-order valence-electron chi connectivity index (χ4n) is 0. The van der Waals surface area contributed by atoms with Gasteiger partial charge in [-0.2, -0.15) is 0 Å². The maximum atomic E-state index is 7.88. The van der Waals surface area contributed by atoms with E-state index in [1.807, 2.05) is 6.92 Å². The van der Waals surface area contributed by atoms with E-state index in [1.165, 1.54) is 0 Å². The van der Waals surface area contributed by atoms with Crippen molar-refractivity contribution in [1.82, 2.24) is 0 Å². The molecule has 0 atom stereocenters. The number of halogens is 1. The van der Waals surface area contributed by atoms with Crippen molar-refractivity contribution in [3.05, 3.63) is 0 Å². The molecule has 0 rings (SSSR count). The highest BCUT2D eigenvalue weighted by atomic mass is 35.5. The Hall–Kier alpha value is 0.782. The van der Waals surface area contributed by atoms with Crippen LogP contribution in [-0.4, -0.2) is 29.1 Å². The van der Waals surface area contributed by atoms with E-state index < -0.39 is 0 Å². The number of aliphatic hydroxyl groups is 1. The molecule has 1 nitrogen and oxygen atoms in total. The van der Waals surface area contributed by atoms with Crippen LogP contribution in [0.4, 0.5) is 0 Å². The largest absolute Gasteiger partial charge is 0.396 e. The van der Waals surface area contributed by atoms with Gasteiger partial charge < -0.3 is 5.11 Å². The number of aliphatic hydroxyl groups excluding tert-OH is 1. The normalized spacial score (nSPS) is 5.00. The van der Waals surface area contributed by atoms with Crippen molar-refractivity contribution < 1.29 is 5.11 Å². The van der Waals surface area contributed by atoms with E-state index in [-0.39, 0.29) is 29.8 Å². The van der Waals surface area contributed by atoms with Crippen LogP contribution in [0.3, 0.4) is 0 Å². The predicted molar refractivity (Wildman–Crippen MR) is 34.6 cm³/mol. The van der Waals surface area contributed by atoms with Gasteiger partial charge in [-0.15, -0.1) is 12.4 Å². The summed E-state index contributed by atoms with van der Waals surface area (Å²) in [6.45, 7) is 2.25. The highest BCUT2D eigenvalue weighted by Crippen LogP contribution is 1.61. The predicted octanol–water partition coefficient (Wildman–Crippen LogP) is -0.373. The van der Waals surface area contributed by atoms with E-state index in [2.05, 4.69) is 0 Å². The molecule has 0 aliphatic carbocycles. The summed E-state index contributed by atoms with van der Waals surface area (Å²) in [6.07, 6.45) is 0.875. The Morgan fingerprint density at radius 1 is 1.50 bits per heavy atom. The van der Waals surface area contributed by atoms with E-state index >= 15 is 0 Å². The van der Waals surface area contributed by atoms with E-state index in [4.69, 9.17) is 5.11 Å². The third-order valence-corrected chi connectivity index (χ3v) is 0.224. The summed E-state index contributed by atoms with van der Waals surface area (Å²) in [6, 6.07) is 0. The first-order valence-corrected chi connectivity index (χ1v) is 1.52. The minimum atomic E-state index is 0. The first-order chi connectivity index (χ1) is 1.91. The molecule has 0 aliphatic rings. The van der Waals surface area contributed by atoms with Gasteiger partial charge in [0.05, 0.1) is 0 Å². The van der Waals surface area contributed by atoms with Gasteiger partial charge in [-0.05, 0) is 6.42 Å². The maximum absolute atomic E-state index is 7.88. The second-order valence-corrected chi connectivity index (χ2v) is 0.724. The first-order valence-electron chi connectivity index (χ1n) is 1.52. The van der Waals surface area contributed by atoms with Crippen LogP contribution in [0, 0.1) is 0 Å². The summed E-state index contributed by atoms with van der Waals surface area (Å²) in [5, 5.41) is 7.88. The van der Waals surface area contributed by atoms with Crippen LogP contribution in [0.5, 0.6) is 0 Å². The van der Waals surface area contributed by atoms with Crippen LogP contribution in [0.25, 0.3) is 0 Å². The second kappa shape index (κ2) is 17.1. The molecule has 0 radical (unpaired) electrons. The molecule has 0 saturated carbocycles. The summed E-state index contributed by atoms with van der Waals surface area (Å²) in [4.78, 5) is 0. The third-order valence-electron chi connectivity index (χ3n) is 0.224. The quantitative estimate of drug-likeness (QED) is 0.476. The zero-order valence-corrected chi connectivity index (χ0v) is 4.09. The summed E-state index contributed by atoms with van der Waals surface area (Å²) in [5.74, 6) is 0. The summed E-state index contributed by atoms with van der Waals surface area (Å²) in [7, 11) is 0. The van der Waals surface area contributed by atoms with Crippen LogP contribution >= 0.6 is 12.4 Å². The minimum absolute atomic E-state index is 0. The molecule has 6 heavy (non-hydrogen) atoms. The summed E-state index contributed by atoms with van der Waals surface area (Å²) in [5.41, 5.74) is 0. The Balaban J connectivity index is -0.0000000450. The Morgan fingerprint density at radius 3 is 1.67 bits per heavy atom. The Kier molecular flexibility index (Phi) is 45.1. The van der Waals surface area contributed by atoms with Crippen molar-refractivity contribution in [3.63, 3.8) is 0 Å². The van der Waals surface area contributed by atoms with Gasteiger partial charge in [0, 0.05) is 6.61 Å². The van der Waals surface area contributed by atoms with Gasteiger partial charge >= 0.3 is 0 Å². The van der Waals surface area contributed by atoms with Gasteiger partial charge in [0.25, 0.3) is 0 Å². The first kappa shape index (κ1) is 15.9. The summed E-state index contributed by atoms with van der Waals surface area (Å²) >= 11 is 0. The lowest BCUT2D eigenvalue weighted by atomic mass is 10.5. The average Bonchev–Trinajstić information content (AvgIpc) is 1.37. The lowest BCUT2D eigenvalue weighted by Crippen LogP contribution is -1.69. The molecule has 1 N–H and O–H groups in total. The van der Waals surface area contributed by atoms with Crippen LogP contribution < -0.4 is 0 Å². The fraction of sp³-hybridized carbons (Fsp3) is 1.00. The molecule has 0 bridgehead atoms. The van der Waals surface area contributed by atoms with Crippen LogP contribution in [0.2, 0.25) is 0 Å². The zero-order valence-electron chi connectivity index (χ0n) is 3.27. The van der Waals surface area contributed by atoms with Gasteiger partial charge in [0.15, 0.2) is 17.4 Å². The molecule has 3 heteroatoms. The van der Waals surface area contributed by atoms with Crippen LogP contribution in [-0.2, 0) is 0 Å². The number of hydrogen-bond donors (Lipinski definition) is 1. The Labute approximate surface area is 55.3 Å². The van der Waals surface area contributed by atoms with Crippen molar-refractivity contribution in [1.29, 1.82) is 0 Å². The fourth-order valence-corrected chi connectivity index (χ4v) is 0. The van der Waals surface area contributed by atoms with E-state index in [9.17, 15) is 0 Å². The average molecular weight is 127 g/mol. The van der Waals surface area contributed by atoms with Crippen LogP contribution in [0.15, 0.2) is 0 Å². The van der Waals surface area contributed by atoms with Gasteiger partial charge in [0.1, 0.15) is 0 Å². The van der Waals surface area contributed by atoms with E-state index in [0.717, 1.165) is 6.42 Å². The smallest absolute Gasteiger partial charge is 0.187 e. The zero-order chi connectivity index (χ0) is 3.41. The lowest BCUT2D eigenvalue weighted by molar-refractivity contribution is 0.295. The Bertz CT molecular complexity index is 12.8. The molecular weight excluding hydrogens is 114 g/mol. The van der Waals surface area contributed by atoms with Crippen molar-refractivity contribution in [2.45, 2.75) is 13.3 Å². The van der Waals surface area contributed by atoms with Gasteiger partial charge in [-0.3, -0.25) is 0 Å². The standard InChI is InChI=1S/C3H8O.Al.ClH.3H/c1-2-3-4;;;;;/h4H,2-3H2,1H3;;1H;;;. The monoisotopic (exact) mass is 126 g/mol. The topological polar surface area (TPSA) is 20.2 Å². The molecule has 0 amide bonds. The van der Waals surface area contributed by atoms with Crippen molar-refractivity contribution in [3.8, 4) is 0 Å². The molecular formula is C3H12AlClO. The molecule has 0 fully saturated rings. The van der Waals surface area contributed by atoms with Crippen LogP contribution in [0.1, 0.15) is 13.3 Å². The van der Waals surface area contributed by atoms with Crippen molar-refractivity contribution >= 4 is 29.8 Å². The molecule has 0 saturated heterocycles. The third kappa shape index (κ3) is 21.5. The van der Waals surface area contributed by atoms with Gasteiger partial charge in [-0.1, -0.05) is 6.92 Å². The highest BCUT2D eigenvalue weighted by molar-refractivity contribution is 5.85. The molecule has 0 unspecified atom stereocenters.